The molecule has 0 aromatic rings. The second-order valence-corrected chi connectivity index (χ2v) is 4.15. The fourth-order valence-electron chi connectivity index (χ4n) is 1.94. The van der Waals surface area contributed by atoms with Gasteiger partial charge in [-0.25, -0.2) is 0 Å². The number of aliphatic hydroxyl groups is 1. The van der Waals surface area contributed by atoms with Crippen molar-refractivity contribution in [1.29, 1.82) is 0 Å². The van der Waals surface area contributed by atoms with Crippen LogP contribution in [0.25, 0.3) is 0 Å². The SMILES string of the molecule is COC(=O)CCCN1CCC(CO)CC1. The van der Waals surface area contributed by atoms with E-state index in [2.05, 4.69) is 9.64 Å². The number of esters is 1. The Morgan fingerprint density at radius 3 is 2.67 bits per heavy atom. The van der Waals surface area contributed by atoms with E-state index in [-0.39, 0.29) is 5.97 Å². The second kappa shape index (κ2) is 6.80. The minimum Gasteiger partial charge on any atom is -0.469 e. The summed E-state index contributed by atoms with van der Waals surface area (Å²) in [6.07, 6.45) is 3.54. The summed E-state index contributed by atoms with van der Waals surface area (Å²) in [5.74, 6) is 0.363. The van der Waals surface area contributed by atoms with Crippen molar-refractivity contribution >= 4 is 5.97 Å². The van der Waals surface area contributed by atoms with Gasteiger partial charge in [0.1, 0.15) is 0 Å². The van der Waals surface area contributed by atoms with Gasteiger partial charge in [0.2, 0.25) is 0 Å². The minimum atomic E-state index is -0.125. The lowest BCUT2D eigenvalue weighted by Crippen LogP contribution is -2.35. The lowest BCUT2D eigenvalue weighted by molar-refractivity contribution is -0.140. The molecule has 1 heterocycles. The van der Waals surface area contributed by atoms with Crippen molar-refractivity contribution in [3.05, 3.63) is 0 Å². The van der Waals surface area contributed by atoms with Crippen molar-refractivity contribution in [2.24, 2.45) is 5.92 Å². The summed E-state index contributed by atoms with van der Waals surface area (Å²) >= 11 is 0. The molecule has 0 atom stereocenters. The molecule has 4 nitrogen and oxygen atoms in total. The summed E-state index contributed by atoms with van der Waals surface area (Å²) in [6.45, 7) is 3.38. The number of nitrogens with zero attached hydrogens (tertiary/aromatic N) is 1. The molecule has 0 aromatic carbocycles. The van der Waals surface area contributed by atoms with E-state index in [4.69, 9.17) is 5.11 Å². The zero-order chi connectivity index (χ0) is 11.1. The van der Waals surface area contributed by atoms with Gasteiger partial charge in [-0.1, -0.05) is 0 Å². The molecule has 1 rings (SSSR count). The molecular formula is C11H21NO3. The van der Waals surface area contributed by atoms with Crippen LogP contribution < -0.4 is 0 Å². The molecule has 0 aliphatic carbocycles. The highest BCUT2D eigenvalue weighted by atomic mass is 16.5. The normalized spacial score (nSPS) is 19.1. The quantitative estimate of drug-likeness (QED) is 0.684. The van der Waals surface area contributed by atoms with Gasteiger partial charge in [-0.3, -0.25) is 4.79 Å². The molecule has 0 saturated carbocycles. The van der Waals surface area contributed by atoms with Gasteiger partial charge in [-0.05, 0) is 44.8 Å². The minimum absolute atomic E-state index is 0.125. The Kier molecular flexibility index (Phi) is 5.65. The van der Waals surface area contributed by atoms with Crippen LogP contribution in [0.5, 0.6) is 0 Å². The summed E-state index contributed by atoms with van der Waals surface area (Å²) in [5, 5.41) is 8.98. The van der Waals surface area contributed by atoms with Crippen LogP contribution in [0.15, 0.2) is 0 Å². The average Bonchev–Trinajstić information content (AvgIpc) is 2.29. The Morgan fingerprint density at radius 2 is 2.13 bits per heavy atom. The number of methoxy groups -OCH3 is 1. The predicted molar refractivity (Wildman–Crippen MR) is 57.5 cm³/mol. The van der Waals surface area contributed by atoms with Crippen molar-refractivity contribution in [3.8, 4) is 0 Å². The third-order valence-electron chi connectivity index (χ3n) is 3.05. The van der Waals surface area contributed by atoms with Crippen LogP contribution in [0.2, 0.25) is 0 Å². The molecule has 1 aliphatic heterocycles. The Hall–Kier alpha value is -0.610. The molecule has 4 heteroatoms. The summed E-state index contributed by atoms with van der Waals surface area (Å²) in [5.41, 5.74) is 0. The fourth-order valence-corrected chi connectivity index (χ4v) is 1.94. The van der Waals surface area contributed by atoms with Crippen LogP contribution in [0.4, 0.5) is 0 Å². The highest BCUT2D eigenvalue weighted by Crippen LogP contribution is 2.16. The molecule has 0 radical (unpaired) electrons. The molecule has 1 saturated heterocycles. The van der Waals surface area contributed by atoms with E-state index in [0.717, 1.165) is 38.9 Å². The maximum Gasteiger partial charge on any atom is 0.305 e. The van der Waals surface area contributed by atoms with E-state index in [1.165, 1.54) is 7.11 Å². The first-order valence-electron chi connectivity index (χ1n) is 5.66. The van der Waals surface area contributed by atoms with Gasteiger partial charge in [-0.2, -0.15) is 0 Å². The Bertz CT molecular complexity index is 188. The van der Waals surface area contributed by atoms with Crippen LogP contribution >= 0.6 is 0 Å². The second-order valence-electron chi connectivity index (χ2n) is 4.15. The van der Waals surface area contributed by atoms with Gasteiger partial charge < -0.3 is 14.7 Å². The molecule has 1 fully saturated rings. The first-order chi connectivity index (χ1) is 7.26. The van der Waals surface area contributed by atoms with Gasteiger partial charge in [0.25, 0.3) is 0 Å². The van der Waals surface area contributed by atoms with E-state index < -0.39 is 0 Å². The molecule has 1 aliphatic rings. The topological polar surface area (TPSA) is 49.8 Å². The van der Waals surface area contributed by atoms with E-state index >= 15 is 0 Å². The lowest BCUT2D eigenvalue weighted by Gasteiger charge is -2.30. The molecule has 0 bridgehead atoms. The van der Waals surface area contributed by atoms with Crippen molar-refractivity contribution in [2.75, 3.05) is 33.4 Å². The van der Waals surface area contributed by atoms with Crippen molar-refractivity contribution < 1.29 is 14.6 Å². The zero-order valence-electron chi connectivity index (χ0n) is 9.45. The first-order valence-corrected chi connectivity index (χ1v) is 5.66. The smallest absolute Gasteiger partial charge is 0.305 e. The number of hydrogen-bond donors (Lipinski definition) is 1. The Morgan fingerprint density at radius 1 is 1.47 bits per heavy atom. The highest BCUT2D eigenvalue weighted by molar-refractivity contribution is 5.69. The molecule has 88 valence electrons. The molecule has 0 amide bonds. The van der Waals surface area contributed by atoms with Crippen LogP contribution in [0.3, 0.4) is 0 Å². The third-order valence-corrected chi connectivity index (χ3v) is 3.05. The number of rotatable bonds is 5. The number of piperidine rings is 1. The van der Waals surface area contributed by atoms with Gasteiger partial charge >= 0.3 is 5.97 Å². The largest absolute Gasteiger partial charge is 0.469 e. The molecule has 0 unspecified atom stereocenters. The monoisotopic (exact) mass is 215 g/mol. The summed E-state index contributed by atoms with van der Waals surface area (Å²) in [4.78, 5) is 13.2. The number of hydrogen-bond acceptors (Lipinski definition) is 4. The van der Waals surface area contributed by atoms with Gasteiger partial charge in [0.05, 0.1) is 7.11 Å². The zero-order valence-corrected chi connectivity index (χ0v) is 9.45. The number of likely N-dealkylation sites (tertiary alicyclic amines) is 1. The maximum atomic E-state index is 10.9. The van der Waals surface area contributed by atoms with E-state index in [0.29, 0.717) is 18.9 Å². The third kappa shape index (κ3) is 4.62. The van der Waals surface area contributed by atoms with Crippen molar-refractivity contribution in [2.45, 2.75) is 25.7 Å². The number of aliphatic hydroxyl groups excluding tert-OH is 1. The standard InChI is InChI=1S/C11H21NO3/c1-15-11(14)3-2-6-12-7-4-10(9-13)5-8-12/h10,13H,2-9H2,1H3. The average molecular weight is 215 g/mol. The number of carbonyl (C=O) groups excluding carboxylic acids is 1. The number of ether oxygens (including phenoxy) is 1. The molecule has 0 aromatic heterocycles. The van der Waals surface area contributed by atoms with Crippen molar-refractivity contribution in [3.63, 3.8) is 0 Å². The predicted octanol–water partition coefficient (Wildman–Crippen LogP) is 0.644. The van der Waals surface area contributed by atoms with E-state index in [1.54, 1.807) is 0 Å². The fraction of sp³-hybridized carbons (Fsp3) is 0.909. The van der Waals surface area contributed by atoms with E-state index in [1.807, 2.05) is 0 Å². The summed E-state index contributed by atoms with van der Waals surface area (Å²) in [7, 11) is 1.43. The maximum absolute atomic E-state index is 10.9. The van der Waals surface area contributed by atoms with E-state index in [9.17, 15) is 4.79 Å². The number of carbonyl (C=O) groups is 1. The van der Waals surface area contributed by atoms with Gasteiger partial charge in [-0.15, -0.1) is 0 Å². The molecule has 1 N–H and O–H groups in total. The van der Waals surface area contributed by atoms with Crippen LogP contribution in [-0.4, -0.2) is 49.3 Å². The highest BCUT2D eigenvalue weighted by Gasteiger charge is 2.17. The van der Waals surface area contributed by atoms with Gasteiger partial charge in [0.15, 0.2) is 0 Å². The summed E-state index contributed by atoms with van der Waals surface area (Å²) < 4.78 is 4.58. The molecule has 0 spiro atoms. The Labute approximate surface area is 91.2 Å². The van der Waals surface area contributed by atoms with Crippen LogP contribution in [0.1, 0.15) is 25.7 Å². The van der Waals surface area contributed by atoms with Crippen LogP contribution in [0, 0.1) is 5.92 Å². The van der Waals surface area contributed by atoms with Crippen LogP contribution in [-0.2, 0) is 9.53 Å². The lowest BCUT2D eigenvalue weighted by atomic mass is 9.98. The molecule has 15 heavy (non-hydrogen) atoms. The van der Waals surface area contributed by atoms with Crippen molar-refractivity contribution in [1.82, 2.24) is 4.90 Å². The summed E-state index contributed by atoms with van der Waals surface area (Å²) in [6, 6.07) is 0. The van der Waals surface area contributed by atoms with Gasteiger partial charge in [0, 0.05) is 13.0 Å². The Balaban J connectivity index is 2.06. The molecular weight excluding hydrogens is 194 g/mol. The first kappa shape index (κ1) is 12.5.